The van der Waals surface area contributed by atoms with Gasteiger partial charge in [-0.15, -0.1) is 0 Å². The second kappa shape index (κ2) is 6.35. The summed E-state index contributed by atoms with van der Waals surface area (Å²) in [7, 11) is 0. The Labute approximate surface area is 113 Å². The van der Waals surface area contributed by atoms with Crippen LogP contribution in [0.1, 0.15) is 44.3 Å². The van der Waals surface area contributed by atoms with Crippen LogP contribution in [0, 0.1) is 5.82 Å². The Bertz CT molecular complexity index is 417. The van der Waals surface area contributed by atoms with Crippen LogP contribution < -0.4 is 4.90 Å². The number of rotatable bonds is 5. The maximum Gasteiger partial charge on any atom is 0.131 e. The molecule has 0 bridgehead atoms. The molecule has 2 rings (SSSR count). The third kappa shape index (κ3) is 3.07. The molecule has 0 saturated heterocycles. The van der Waals surface area contributed by atoms with Gasteiger partial charge in [-0.3, -0.25) is 0 Å². The molecular weight excluding hydrogens is 245 g/mol. The zero-order valence-corrected chi connectivity index (χ0v) is 11.3. The summed E-state index contributed by atoms with van der Waals surface area (Å²) in [6.07, 6.45) is 3.63. The number of hydrogen-bond donors (Lipinski definition) is 2. The predicted molar refractivity (Wildman–Crippen MR) is 73.7 cm³/mol. The monoisotopic (exact) mass is 267 g/mol. The van der Waals surface area contributed by atoms with Gasteiger partial charge in [-0.25, -0.2) is 4.39 Å². The highest BCUT2D eigenvalue weighted by Gasteiger charge is 2.26. The van der Waals surface area contributed by atoms with Crippen LogP contribution in [0.2, 0.25) is 0 Å². The molecular formula is C15H22FNO2. The first kappa shape index (κ1) is 14.3. The van der Waals surface area contributed by atoms with Crippen molar-refractivity contribution >= 4 is 5.69 Å². The van der Waals surface area contributed by atoms with Crippen molar-refractivity contribution < 1.29 is 14.6 Å². The molecule has 0 heterocycles. The summed E-state index contributed by atoms with van der Waals surface area (Å²) in [5.41, 5.74) is 1.05. The zero-order chi connectivity index (χ0) is 13.8. The lowest BCUT2D eigenvalue weighted by Crippen LogP contribution is -2.36. The highest BCUT2D eigenvalue weighted by molar-refractivity contribution is 5.56. The Morgan fingerprint density at radius 3 is 2.63 bits per heavy atom. The summed E-state index contributed by atoms with van der Waals surface area (Å²) in [6, 6.07) is 5.21. The van der Waals surface area contributed by atoms with Gasteiger partial charge >= 0.3 is 0 Å². The second-order valence-corrected chi connectivity index (χ2v) is 5.20. The van der Waals surface area contributed by atoms with E-state index in [1.165, 1.54) is 18.9 Å². The number of anilines is 1. The molecule has 4 heteroatoms. The summed E-state index contributed by atoms with van der Waals surface area (Å²) in [4.78, 5) is 2.05. The van der Waals surface area contributed by atoms with E-state index in [0.29, 0.717) is 18.2 Å². The number of aliphatic hydroxyl groups excluding tert-OH is 2. The van der Waals surface area contributed by atoms with Gasteiger partial charge in [0.2, 0.25) is 0 Å². The van der Waals surface area contributed by atoms with Gasteiger partial charge in [0.05, 0.1) is 12.7 Å². The highest BCUT2D eigenvalue weighted by atomic mass is 19.1. The molecule has 106 valence electrons. The molecule has 1 fully saturated rings. The van der Waals surface area contributed by atoms with Gasteiger partial charge < -0.3 is 15.1 Å². The topological polar surface area (TPSA) is 43.7 Å². The normalized spacial score (nSPS) is 17.7. The minimum atomic E-state index is -0.848. The Morgan fingerprint density at radius 1 is 1.37 bits per heavy atom. The first-order chi connectivity index (χ1) is 9.15. The van der Waals surface area contributed by atoms with Gasteiger partial charge in [-0.05, 0) is 31.9 Å². The van der Waals surface area contributed by atoms with Crippen LogP contribution in [-0.4, -0.2) is 29.4 Å². The molecule has 0 aliphatic heterocycles. The lowest BCUT2D eigenvalue weighted by Gasteiger charge is -2.33. The van der Waals surface area contributed by atoms with Gasteiger partial charge in [-0.2, -0.15) is 0 Å². The van der Waals surface area contributed by atoms with Gasteiger partial charge in [0, 0.05) is 23.8 Å². The number of benzene rings is 1. The minimum absolute atomic E-state index is 0.0340. The summed E-state index contributed by atoms with van der Waals surface area (Å²) in [6.45, 7) is 2.09. The SMILES string of the molecule is CC(O)c1c(F)cccc1N(CCO)C1CCCC1. The average molecular weight is 267 g/mol. The van der Waals surface area contributed by atoms with Crippen molar-refractivity contribution in [1.82, 2.24) is 0 Å². The van der Waals surface area contributed by atoms with Crippen molar-refractivity contribution in [2.75, 3.05) is 18.1 Å². The smallest absolute Gasteiger partial charge is 0.131 e. The first-order valence-corrected chi connectivity index (χ1v) is 6.99. The molecule has 0 amide bonds. The van der Waals surface area contributed by atoms with Gasteiger partial charge in [0.15, 0.2) is 0 Å². The van der Waals surface area contributed by atoms with Gasteiger partial charge in [0.1, 0.15) is 5.82 Å². The lowest BCUT2D eigenvalue weighted by atomic mass is 10.0. The number of aliphatic hydroxyl groups is 2. The summed E-state index contributed by atoms with van der Waals surface area (Å²) in [5.74, 6) is -0.381. The van der Waals surface area contributed by atoms with E-state index in [4.69, 9.17) is 0 Å². The van der Waals surface area contributed by atoms with Crippen molar-refractivity contribution in [1.29, 1.82) is 0 Å². The third-order valence-electron chi connectivity index (χ3n) is 3.86. The number of halogens is 1. The molecule has 3 nitrogen and oxygen atoms in total. The van der Waals surface area contributed by atoms with Gasteiger partial charge in [-0.1, -0.05) is 18.9 Å². The lowest BCUT2D eigenvalue weighted by molar-refractivity contribution is 0.194. The molecule has 19 heavy (non-hydrogen) atoms. The van der Waals surface area contributed by atoms with E-state index in [0.717, 1.165) is 18.5 Å². The summed E-state index contributed by atoms with van der Waals surface area (Å²) in [5, 5.41) is 19.1. The van der Waals surface area contributed by atoms with Crippen molar-refractivity contribution in [2.24, 2.45) is 0 Å². The Hall–Kier alpha value is -1.13. The average Bonchev–Trinajstić information content (AvgIpc) is 2.88. The molecule has 1 aromatic rings. The van der Waals surface area contributed by atoms with Crippen LogP contribution in [0.15, 0.2) is 18.2 Å². The van der Waals surface area contributed by atoms with Crippen molar-refractivity contribution in [3.8, 4) is 0 Å². The van der Waals surface area contributed by atoms with Crippen LogP contribution in [0.4, 0.5) is 10.1 Å². The predicted octanol–water partition coefficient (Wildman–Crippen LogP) is 2.62. The van der Waals surface area contributed by atoms with E-state index in [1.54, 1.807) is 13.0 Å². The van der Waals surface area contributed by atoms with Gasteiger partial charge in [0.25, 0.3) is 0 Å². The molecule has 0 radical (unpaired) electrons. The molecule has 1 aliphatic carbocycles. The third-order valence-corrected chi connectivity index (χ3v) is 3.86. The van der Waals surface area contributed by atoms with Crippen molar-refractivity contribution in [3.63, 3.8) is 0 Å². The maximum absolute atomic E-state index is 13.9. The maximum atomic E-state index is 13.9. The first-order valence-electron chi connectivity index (χ1n) is 6.99. The van der Waals surface area contributed by atoms with Crippen LogP contribution in [0.25, 0.3) is 0 Å². The Kier molecular flexibility index (Phi) is 4.77. The van der Waals surface area contributed by atoms with Crippen LogP contribution >= 0.6 is 0 Å². The van der Waals surface area contributed by atoms with Crippen molar-refractivity contribution in [3.05, 3.63) is 29.6 Å². The van der Waals surface area contributed by atoms with E-state index in [-0.39, 0.29) is 12.4 Å². The van der Waals surface area contributed by atoms with E-state index in [2.05, 4.69) is 4.90 Å². The van der Waals surface area contributed by atoms with Crippen LogP contribution in [0.3, 0.4) is 0 Å². The Morgan fingerprint density at radius 2 is 2.05 bits per heavy atom. The Balaban J connectivity index is 2.37. The summed E-state index contributed by atoms with van der Waals surface area (Å²) < 4.78 is 13.9. The van der Waals surface area contributed by atoms with E-state index >= 15 is 0 Å². The fraction of sp³-hybridized carbons (Fsp3) is 0.600. The molecule has 0 spiro atoms. The molecule has 2 N–H and O–H groups in total. The molecule has 1 saturated carbocycles. The standard InChI is InChI=1S/C15H22FNO2/c1-11(19)15-13(16)7-4-8-14(15)17(9-10-18)12-5-2-3-6-12/h4,7-8,11-12,18-19H,2-3,5-6,9-10H2,1H3. The fourth-order valence-electron chi connectivity index (χ4n) is 3.01. The molecule has 1 aromatic carbocycles. The van der Waals surface area contributed by atoms with Crippen LogP contribution in [-0.2, 0) is 0 Å². The van der Waals surface area contributed by atoms with E-state index < -0.39 is 6.10 Å². The molecule has 0 aromatic heterocycles. The minimum Gasteiger partial charge on any atom is -0.395 e. The van der Waals surface area contributed by atoms with Crippen molar-refractivity contribution in [2.45, 2.75) is 44.8 Å². The highest BCUT2D eigenvalue weighted by Crippen LogP contribution is 2.34. The molecule has 1 atom stereocenters. The van der Waals surface area contributed by atoms with E-state index in [1.807, 2.05) is 6.07 Å². The zero-order valence-electron chi connectivity index (χ0n) is 11.3. The number of hydrogen-bond acceptors (Lipinski definition) is 3. The fourth-order valence-corrected chi connectivity index (χ4v) is 3.01. The van der Waals surface area contributed by atoms with E-state index in [9.17, 15) is 14.6 Å². The molecule has 1 aliphatic rings. The second-order valence-electron chi connectivity index (χ2n) is 5.20. The van der Waals surface area contributed by atoms with Crippen LogP contribution in [0.5, 0.6) is 0 Å². The summed E-state index contributed by atoms with van der Waals surface area (Å²) >= 11 is 0. The largest absolute Gasteiger partial charge is 0.395 e. The molecule has 1 unspecified atom stereocenters. The number of nitrogens with zero attached hydrogens (tertiary/aromatic N) is 1. The quantitative estimate of drug-likeness (QED) is 0.862.